The van der Waals surface area contributed by atoms with Crippen LogP contribution >= 0.6 is 0 Å². The van der Waals surface area contributed by atoms with Gasteiger partial charge in [0.15, 0.2) is 5.82 Å². The Morgan fingerprint density at radius 1 is 1.17 bits per heavy atom. The van der Waals surface area contributed by atoms with E-state index in [9.17, 15) is 19.2 Å². The predicted octanol–water partition coefficient (Wildman–Crippen LogP) is 1.94. The van der Waals surface area contributed by atoms with E-state index < -0.39 is 23.3 Å². The summed E-state index contributed by atoms with van der Waals surface area (Å²) in [6.45, 7) is 1.66. The molecule has 4 rings (SSSR count). The zero-order valence-electron chi connectivity index (χ0n) is 19.2. The van der Waals surface area contributed by atoms with Crippen molar-refractivity contribution in [1.82, 2.24) is 19.5 Å². The van der Waals surface area contributed by atoms with Gasteiger partial charge in [0.2, 0.25) is 11.9 Å². The van der Waals surface area contributed by atoms with Gasteiger partial charge in [-0.3, -0.25) is 14.2 Å². The normalized spacial score (nSPS) is 11.7. The summed E-state index contributed by atoms with van der Waals surface area (Å²) in [5, 5.41) is 12.5. The number of nitrogen functional groups attached to an aromatic ring is 2. The highest BCUT2D eigenvalue weighted by Crippen LogP contribution is 2.27. The zero-order chi connectivity index (χ0) is 26.0. The van der Waals surface area contributed by atoms with Gasteiger partial charge < -0.3 is 22.5 Å². The Hall–Kier alpha value is -5.05. The molecule has 4 aromatic rings. The monoisotopic (exact) mass is 487 g/mol. The maximum Gasteiger partial charge on any atom is 0.266 e. The van der Waals surface area contributed by atoms with Crippen molar-refractivity contribution >= 4 is 34.4 Å². The highest BCUT2D eigenvalue weighted by molar-refractivity contribution is 5.83. The molecule has 12 heteroatoms. The van der Waals surface area contributed by atoms with Crippen LogP contribution in [0.3, 0.4) is 0 Å². The van der Waals surface area contributed by atoms with Gasteiger partial charge >= 0.3 is 0 Å². The Kier molecular flexibility index (Phi) is 6.47. The van der Waals surface area contributed by atoms with Gasteiger partial charge in [-0.05, 0) is 37.1 Å². The molecule has 1 amide bonds. The number of carbonyl (C=O) groups is 1. The topological polar surface area (TPSA) is 192 Å². The minimum atomic E-state index is -0.767. The number of hydrogen-bond acceptors (Lipinski definition) is 9. The van der Waals surface area contributed by atoms with Gasteiger partial charge in [-0.2, -0.15) is 15.2 Å². The molecule has 0 aliphatic heterocycles. The average molecular weight is 487 g/mol. The lowest BCUT2D eigenvalue weighted by Gasteiger charge is -2.21. The van der Waals surface area contributed by atoms with Gasteiger partial charge in [-0.1, -0.05) is 24.3 Å². The van der Waals surface area contributed by atoms with E-state index in [0.29, 0.717) is 11.3 Å². The van der Waals surface area contributed by atoms with Gasteiger partial charge in [0, 0.05) is 6.42 Å². The molecule has 0 radical (unpaired) electrons. The molecule has 0 saturated heterocycles. The molecule has 2 aromatic carbocycles. The molecule has 182 valence electrons. The van der Waals surface area contributed by atoms with Crippen molar-refractivity contribution in [3.8, 4) is 11.8 Å². The second-order valence-corrected chi connectivity index (χ2v) is 8.01. The maximum atomic E-state index is 15.0. The van der Waals surface area contributed by atoms with Crippen molar-refractivity contribution in [2.45, 2.75) is 25.8 Å². The number of nitrogens with one attached hydrogen (secondary N) is 1. The van der Waals surface area contributed by atoms with Gasteiger partial charge in [0.25, 0.3) is 5.56 Å². The Balaban J connectivity index is 1.96. The number of nitrogens with zero attached hydrogens (tertiary/aromatic N) is 5. The number of para-hydroxylation sites is 1. The van der Waals surface area contributed by atoms with E-state index in [1.165, 1.54) is 16.7 Å². The van der Waals surface area contributed by atoms with E-state index in [4.69, 9.17) is 17.2 Å². The predicted molar refractivity (Wildman–Crippen MR) is 132 cm³/mol. The van der Waals surface area contributed by atoms with Gasteiger partial charge in [0.05, 0.1) is 17.1 Å². The number of nitriles is 1. The number of fused-ring (bicyclic) bond motifs is 1. The molecule has 0 aliphatic rings. The van der Waals surface area contributed by atoms with Crippen LogP contribution in [0.4, 0.5) is 22.0 Å². The first-order valence-corrected chi connectivity index (χ1v) is 10.9. The fraction of sp³-hybridized carbons (Fsp3) is 0.167. The SMILES string of the molecule is CC(Nc1nc(N)nc(N)c1C#N)c1nc2c(F)ccc(CCC(N)=O)c2c(=O)n1-c1ccccc1. The quantitative estimate of drug-likeness (QED) is 0.301. The number of rotatable bonds is 7. The largest absolute Gasteiger partial charge is 0.382 e. The molecule has 1 atom stereocenters. The van der Waals surface area contributed by atoms with Crippen LogP contribution < -0.4 is 28.1 Å². The molecule has 2 heterocycles. The molecule has 7 N–H and O–H groups in total. The average Bonchev–Trinajstić information content (AvgIpc) is 2.84. The lowest BCUT2D eigenvalue weighted by atomic mass is 10.0. The van der Waals surface area contributed by atoms with E-state index in [0.717, 1.165) is 0 Å². The molecule has 1 unspecified atom stereocenters. The fourth-order valence-corrected chi connectivity index (χ4v) is 3.90. The standard InChI is InChI=1S/C24H22FN9O2/c1-12(30-21-15(11-26)20(28)32-24(29)33-21)22-31-19-16(25)9-7-13(8-10-17(27)35)18(19)23(36)34(22)14-5-3-2-4-6-14/h2-7,9,12H,8,10H2,1H3,(H2,27,35)(H5,28,29,30,32,33). The molecule has 0 saturated carbocycles. The lowest BCUT2D eigenvalue weighted by molar-refractivity contribution is -0.117. The van der Waals surface area contributed by atoms with Crippen molar-refractivity contribution in [2.24, 2.45) is 5.73 Å². The first kappa shape index (κ1) is 24.1. The Bertz CT molecular complexity index is 1580. The summed E-state index contributed by atoms with van der Waals surface area (Å²) in [4.78, 5) is 37.6. The number of halogens is 1. The van der Waals surface area contributed by atoms with Crippen LogP contribution in [0.5, 0.6) is 0 Å². The number of carbonyl (C=O) groups excluding carboxylic acids is 1. The molecule has 2 aromatic heterocycles. The van der Waals surface area contributed by atoms with Crippen molar-refractivity contribution in [2.75, 3.05) is 16.8 Å². The van der Waals surface area contributed by atoms with Crippen LogP contribution in [0.25, 0.3) is 16.6 Å². The van der Waals surface area contributed by atoms with E-state index >= 15 is 0 Å². The van der Waals surface area contributed by atoms with Crippen LogP contribution in [0.15, 0.2) is 47.3 Å². The van der Waals surface area contributed by atoms with E-state index in [1.54, 1.807) is 37.3 Å². The van der Waals surface area contributed by atoms with Gasteiger partial charge in [-0.15, -0.1) is 0 Å². The summed E-state index contributed by atoms with van der Waals surface area (Å²) >= 11 is 0. The Labute approximate surface area is 204 Å². The van der Waals surface area contributed by atoms with Crippen LogP contribution in [0.2, 0.25) is 0 Å². The molecule has 0 bridgehead atoms. The third kappa shape index (κ3) is 4.49. The zero-order valence-corrected chi connectivity index (χ0v) is 19.2. The Morgan fingerprint density at radius 3 is 2.56 bits per heavy atom. The molecular weight excluding hydrogens is 465 g/mol. The second kappa shape index (κ2) is 9.67. The van der Waals surface area contributed by atoms with Crippen LogP contribution in [-0.4, -0.2) is 25.4 Å². The first-order valence-electron chi connectivity index (χ1n) is 10.9. The highest BCUT2D eigenvalue weighted by atomic mass is 19.1. The molecule has 0 spiro atoms. The van der Waals surface area contributed by atoms with Crippen molar-refractivity contribution < 1.29 is 9.18 Å². The molecule has 0 fully saturated rings. The summed E-state index contributed by atoms with van der Waals surface area (Å²) in [5.41, 5.74) is 17.0. The van der Waals surface area contributed by atoms with E-state index in [2.05, 4.69) is 20.3 Å². The third-order valence-corrected chi connectivity index (χ3v) is 5.55. The van der Waals surface area contributed by atoms with E-state index in [-0.39, 0.29) is 52.7 Å². The Morgan fingerprint density at radius 2 is 1.89 bits per heavy atom. The number of anilines is 3. The van der Waals surface area contributed by atoms with E-state index in [1.807, 2.05) is 6.07 Å². The van der Waals surface area contributed by atoms with Crippen molar-refractivity contribution in [3.05, 3.63) is 75.6 Å². The lowest BCUT2D eigenvalue weighted by Crippen LogP contribution is -2.28. The number of primary amides is 1. The number of amides is 1. The minimum Gasteiger partial charge on any atom is -0.382 e. The molecular formula is C24H22FN9O2. The second-order valence-electron chi connectivity index (χ2n) is 8.01. The number of aromatic nitrogens is 4. The smallest absolute Gasteiger partial charge is 0.266 e. The van der Waals surface area contributed by atoms with Crippen LogP contribution in [-0.2, 0) is 11.2 Å². The highest BCUT2D eigenvalue weighted by Gasteiger charge is 2.23. The van der Waals surface area contributed by atoms with Crippen LogP contribution in [0.1, 0.15) is 36.3 Å². The van der Waals surface area contributed by atoms with Gasteiger partial charge in [0.1, 0.15) is 34.6 Å². The number of aryl methyl sites for hydroxylation is 1. The summed E-state index contributed by atoms with van der Waals surface area (Å²) < 4.78 is 16.3. The van der Waals surface area contributed by atoms with Crippen LogP contribution in [0, 0.1) is 17.1 Å². The third-order valence-electron chi connectivity index (χ3n) is 5.55. The summed E-state index contributed by atoms with van der Waals surface area (Å²) in [7, 11) is 0. The maximum absolute atomic E-state index is 15.0. The fourth-order valence-electron chi connectivity index (χ4n) is 3.90. The summed E-state index contributed by atoms with van der Waals surface area (Å²) in [6, 6.07) is 12.5. The number of nitrogens with two attached hydrogens (primary N) is 3. The summed E-state index contributed by atoms with van der Waals surface area (Å²) in [5.74, 6) is -1.33. The van der Waals surface area contributed by atoms with Crippen molar-refractivity contribution in [3.63, 3.8) is 0 Å². The number of hydrogen-bond donors (Lipinski definition) is 4. The molecule has 0 aliphatic carbocycles. The summed E-state index contributed by atoms with van der Waals surface area (Å²) in [6.07, 6.45) is 0.134. The minimum absolute atomic E-state index is 0.0152. The first-order chi connectivity index (χ1) is 17.2. The number of benzene rings is 2. The molecule has 11 nitrogen and oxygen atoms in total. The van der Waals surface area contributed by atoms with Crippen molar-refractivity contribution in [1.29, 1.82) is 5.26 Å². The van der Waals surface area contributed by atoms with Gasteiger partial charge in [-0.25, -0.2) is 9.37 Å². The molecule has 36 heavy (non-hydrogen) atoms.